The van der Waals surface area contributed by atoms with Crippen molar-refractivity contribution in [2.24, 2.45) is 0 Å². The van der Waals surface area contributed by atoms with Crippen molar-refractivity contribution in [1.82, 2.24) is 5.32 Å². The molecule has 0 aromatic heterocycles. The number of ether oxygens (including phenoxy) is 1. The number of benzene rings is 1. The summed E-state index contributed by atoms with van der Waals surface area (Å²) in [4.78, 5) is 0. The van der Waals surface area contributed by atoms with Crippen molar-refractivity contribution in [3.8, 4) is 0 Å². The molecule has 108 valence electrons. The molecule has 0 saturated heterocycles. The van der Waals surface area contributed by atoms with Crippen LogP contribution < -0.4 is 5.32 Å². The van der Waals surface area contributed by atoms with Gasteiger partial charge in [-0.3, -0.25) is 0 Å². The first-order valence-corrected chi connectivity index (χ1v) is 7.12. The summed E-state index contributed by atoms with van der Waals surface area (Å²) >= 11 is 0. The van der Waals surface area contributed by atoms with Crippen LogP contribution in [0.1, 0.15) is 43.1 Å². The Balaban J connectivity index is 2.45. The van der Waals surface area contributed by atoms with Crippen LogP contribution in [-0.4, -0.2) is 30.9 Å². The molecule has 19 heavy (non-hydrogen) atoms. The highest BCUT2D eigenvalue weighted by Gasteiger charge is 2.17. The molecule has 2 unspecified atom stereocenters. The average molecular weight is 265 g/mol. The monoisotopic (exact) mass is 265 g/mol. The fourth-order valence-electron chi connectivity index (χ4n) is 2.19. The van der Waals surface area contributed by atoms with E-state index in [0.717, 1.165) is 37.3 Å². The fraction of sp³-hybridized carbons (Fsp3) is 0.625. The molecule has 0 radical (unpaired) electrons. The van der Waals surface area contributed by atoms with Gasteiger partial charge in [-0.25, -0.2) is 0 Å². The van der Waals surface area contributed by atoms with Crippen LogP contribution in [0.4, 0.5) is 0 Å². The average Bonchev–Trinajstić information content (AvgIpc) is 2.37. The largest absolute Gasteiger partial charge is 0.387 e. The Bertz CT molecular complexity index is 379. The summed E-state index contributed by atoms with van der Waals surface area (Å²) in [6, 6.07) is 6.23. The second-order valence-corrected chi connectivity index (χ2v) is 5.10. The van der Waals surface area contributed by atoms with Gasteiger partial charge in [0, 0.05) is 19.3 Å². The van der Waals surface area contributed by atoms with Crippen LogP contribution in [-0.2, 0) is 4.74 Å². The molecule has 1 rings (SSSR count). The summed E-state index contributed by atoms with van der Waals surface area (Å²) < 4.78 is 5.29. The van der Waals surface area contributed by atoms with E-state index in [0.29, 0.717) is 0 Å². The maximum atomic E-state index is 10.4. The van der Waals surface area contributed by atoms with E-state index >= 15 is 0 Å². The molecule has 0 heterocycles. The van der Waals surface area contributed by atoms with Crippen LogP contribution >= 0.6 is 0 Å². The quantitative estimate of drug-likeness (QED) is 0.710. The second kappa shape index (κ2) is 8.31. The molecule has 0 bridgehead atoms. The molecule has 0 amide bonds. The minimum absolute atomic E-state index is 0.0445. The SMILES string of the molecule is CCOCCCNC(C)C(O)c1ccc(C)cc1C. The Morgan fingerprint density at radius 3 is 2.68 bits per heavy atom. The molecule has 0 aliphatic rings. The van der Waals surface area contributed by atoms with Crippen molar-refractivity contribution in [2.45, 2.75) is 46.3 Å². The zero-order valence-electron chi connectivity index (χ0n) is 12.6. The summed E-state index contributed by atoms with van der Waals surface area (Å²) in [6.07, 6.45) is 0.505. The van der Waals surface area contributed by atoms with Gasteiger partial charge >= 0.3 is 0 Å². The Hall–Kier alpha value is -0.900. The highest BCUT2D eigenvalue weighted by molar-refractivity contribution is 5.32. The molecule has 1 aromatic carbocycles. The summed E-state index contributed by atoms with van der Waals surface area (Å²) in [7, 11) is 0. The van der Waals surface area contributed by atoms with Crippen molar-refractivity contribution < 1.29 is 9.84 Å². The van der Waals surface area contributed by atoms with Gasteiger partial charge in [-0.15, -0.1) is 0 Å². The molecule has 0 fully saturated rings. The fourth-order valence-corrected chi connectivity index (χ4v) is 2.19. The van der Waals surface area contributed by atoms with Crippen LogP contribution in [0.15, 0.2) is 18.2 Å². The molecule has 1 aromatic rings. The number of hydrogen-bond donors (Lipinski definition) is 2. The van der Waals surface area contributed by atoms with E-state index in [-0.39, 0.29) is 6.04 Å². The highest BCUT2D eigenvalue weighted by Crippen LogP contribution is 2.21. The van der Waals surface area contributed by atoms with E-state index in [1.807, 2.05) is 32.9 Å². The van der Waals surface area contributed by atoms with E-state index < -0.39 is 6.10 Å². The molecule has 2 N–H and O–H groups in total. The molecule has 0 aliphatic heterocycles. The van der Waals surface area contributed by atoms with Gasteiger partial charge in [0.05, 0.1) is 6.10 Å². The molecule has 0 aliphatic carbocycles. The zero-order valence-corrected chi connectivity index (χ0v) is 12.6. The summed E-state index contributed by atoms with van der Waals surface area (Å²) in [5.74, 6) is 0. The van der Waals surface area contributed by atoms with E-state index in [1.165, 1.54) is 5.56 Å². The standard InChI is InChI=1S/C16H27NO2/c1-5-19-10-6-9-17-14(4)16(18)15-8-7-12(2)11-13(15)3/h7-8,11,14,16-18H,5-6,9-10H2,1-4H3. The van der Waals surface area contributed by atoms with E-state index in [9.17, 15) is 5.11 Å². The van der Waals surface area contributed by atoms with Crippen molar-refractivity contribution in [1.29, 1.82) is 0 Å². The lowest BCUT2D eigenvalue weighted by molar-refractivity contribution is 0.125. The van der Waals surface area contributed by atoms with Gasteiger partial charge in [0.25, 0.3) is 0 Å². The third-order valence-electron chi connectivity index (χ3n) is 3.35. The number of aliphatic hydroxyl groups is 1. The van der Waals surface area contributed by atoms with Gasteiger partial charge in [-0.05, 0) is 51.8 Å². The van der Waals surface area contributed by atoms with E-state index in [1.54, 1.807) is 0 Å². The third-order valence-corrected chi connectivity index (χ3v) is 3.35. The van der Waals surface area contributed by atoms with Crippen LogP contribution in [0.2, 0.25) is 0 Å². The minimum Gasteiger partial charge on any atom is -0.387 e. The first-order valence-electron chi connectivity index (χ1n) is 7.12. The van der Waals surface area contributed by atoms with Gasteiger partial charge < -0.3 is 15.2 Å². The lowest BCUT2D eigenvalue weighted by Gasteiger charge is -2.22. The topological polar surface area (TPSA) is 41.5 Å². The van der Waals surface area contributed by atoms with E-state index in [4.69, 9.17) is 4.74 Å². The number of aliphatic hydroxyl groups excluding tert-OH is 1. The predicted octanol–water partition coefficient (Wildman–Crippen LogP) is 2.74. The summed E-state index contributed by atoms with van der Waals surface area (Å²) in [6.45, 7) is 10.5. The summed E-state index contributed by atoms with van der Waals surface area (Å²) in [5.41, 5.74) is 3.39. The maximum Gasteiger partial charge on any atom is 0.0942 e. The lowest BCUT2D eigenvalue weighted by Crippen LogP contribution is -2.33. The van der Waals surface area contributed by atoms with Gasteiger partial charge in [0.15, 0.2) is 0 Å². The predicted molar refractivity (Wildman–Crippen MR) is 79.5 cm³/mol. The Kier molecular flexibility index (Phi) is 7.06. The molecule has 3 heteroatoms. The second-order valence-electron chi connectivity index (χ2n) is 5.10. The van der Waals surface area contributed by atoms with Crippen LogP contribution in [0, 0.1) is 13.8 Å². The van der Waals surface area contributed by atoms with Crippen molar-refractivity contribution in [2.75, 3.05) is 19.8 Å². The summed E-state index contributed by atoms with van der Waals surface area (Å²) in [5, 5.41) is 13.7. The van der Waals surface area contributed by atoms with Crippen molar-refractivity contribution in [3.63, 3.8) is 0 Å². The Labute approximate surface area is 117 Å². The van der Waals surface area contributed by atoms with Crippen LogP contribution in [0.3, 0.4) is 0 Å². The molecule has 3 nitrogen and oxygen atoms in total. The molecular formula is C16H27NO2. The van der Waals surface area contributed by atoms with Crippen LogP contribution in [0.5, 0.6) is 0 Å². The number of rotatable bonds is 8. The normalized spacial score (nSPS) is 14.4. The van der Waals surface area contributed by atoms with Crippen molar-refractivity contribution in [3.05, 3.63) is 34.9 Å². The van der Waals surface area contributed by atoms with Gasteiger partial charge in [-0.2, -0.15) is 0 Å². The smallest absolute Gasteiger partial charge is 0.0942 e. The third kappa shape index (κ3) is 5.31. The molecule has 0 saturated carbocycles. The minimum atomic E-state index is -0.465. The highest BCUT2D eigenvalue weighted by atomic mass is 16.5. The number of hydrogen-bond acceptors (Lipinski definition) is 3. The van der Waals surface area contributed by atoms with E-state index in [2.05, 4.69) is 18.3 Å². The maximum absolute atomic E-state index is 10.4. The lowest BCUT2D eigenvalue weighted by atomic mass is 9.97. The van der Waals surface area contributed by atoms with Gasteiger partial charge in [0.2, 0.25) is 0 Å². The van der Waals surface area contributed by atoms with Crippen LogP contribution in [0.25, 0.3) is 0 Å². The first kappa shape index (κ1) is 16.2. The zero-order chi connectivity index (χ0) is 14.3. The molecule has 0 spiro atoms. The molecular weight excluding hydrogens is 238 g/mol. The van der Waals surface area contributed by atoms with Gasteiger partial charge in [-0.1, -0.05) is 23.8 Å². The Morgan fingerprint density at radius 1 is 1.32 bits per heavy atom. The van der Waals surface area contributed by atoms with Gasteiger partial charge in [0.1, 0.15) is 0 Å². The molecule has 2 atom stereocenters. The Morgan fingerprint density at radius 2 is 2.05 bits per heavy atom. The van der Waals surface area contributed by atoms with Crippen molar-refractivity contribution >= 4 is 0 Å². The number of aryl methyl sites for hydroxylation is 2. The first-order chi connectivity index (χ1) is 9.06. The number of nitrogens with one attached hydrogen (secondary N) is 1.